The molecule has 6 nitrogen and oxygen atoms in total. The zero-order valence-electron chi connectivity index (χ0n) is 10.5. The van der Waals surface area contributed by atoms with E-state index in [1.807, 2.05) is 0 Å². The molecule has 0 spiro atoms. The molecular formula is C12H15BrN2O4. The minimum Gasteiger partial charge on any atom is -0.386 e. The first kappa shape index (κ1) is 14.2. The van der Waals surface area contributed by atoms with Crippen LogP contribution in [0.4, 0.5) is 11.4 Å². The third-order valence-electron chi connectivity index (χ3n) is 3.17. The number of nitro benzene ring substituents is 1. The Balaban J connectivity index is 2.13. The van der Waals surface area contributed by atoms with Gasteiger partial charge in [0.2, 0.25) is 0 Å². The van der Waals surface area contributed by atoms with Crippen LogP contribution in [0.3, 0.4) is 0 Å². The number of anilines is 1. The van der Waals surface area contributed by atoms with Gasteiger partial charge in [-0.05, 0) is 28.9 Å². The van der Waals surface area contributed by atoms with Crippen LogP contribution >= 0.6 is 15.9 Å². The Labute approximate surface area is 119 Å². The Morgan fingerprint density at radius 2 is 2.37 bits per heavy atom. The van der Waals surface area contributed by atoms with Crippen LogP contribution in [0.25, 0.3) is 0 Å². The summed E-state index contributed by atoms with van der Waals surface area (Å²) in [5.41, 5.74) is 0.504. The number of hydrogen-bond acceptors (Lipinski definition) is 5. The molecule has 1 aliphatic rings. The smallest absolute Gasteiger partial charge is 0.273 e. The minimum atomic E-state index is -0.866. The first-order valence-corrected chi connectivity index (χ1v) is 6.69. The fourth-order valence-corrected chi connectivity index (χ4v) is 2.47. The second-order valence-corrected chi connectivity index (χ2v) is 5.61. The van der Waals surface area contributed by atoms with Gasteiger partial charge in [-0.25, -0.2) is 0 Å². The van der Waals surface area contributed by atoms with Crippen molar-refractivity contribution in [1.82, 2.24) is 0 Å². The van der Waals surface area contributed by atoms with Crippen molar-refractivity contribution in [1.29, 1.82) is 0 Å². The Morgan fingerprint density at radius 1 is 1.63 bits per heavy atom. The van der Waals surface area contributed by atoms with Crippen molar-refractivity contribution < 1.29 is 14.8 Å². The van der Waals surface area contributed by atoms with E-state index >= 15 is 0 Å². The van der Waals surface area contributed by atoms with Gasteiger partial charge in [0.1, 0.15) is 5.60 Å². The number of ether oxygens (including phenoxy) is 1. The van der Waals surface area contributed by atoms with E-state index < -0.39 is 10.5 Å². The van der Waals surface area contributed by atoms with E-state index in [1.165, 1.54) is 6.07 Å². The average Bonchev–Trinajstić information content (AvgIpc) is 2.77. The van der Waals surface area contributed by atoms with Gasteiger partial charge in [-0.15, -0.1) is 0 Å². The largest absolute Gasteiger partial charge is 0.386 e. The highest BCUT2D eigenvalue weighted by atomic mass is 79.9. The van der Waals surface area contributed by atoms with Crippen molar-refractivity contribution in [2.24, 2.45) is 0 Å². The number of nitrogens with one attached hydrogen (secondary N) is 1. The van der Waals surface area contributed by atoms with Crippen molar-refractivity contribution in [2.45, 2.75) is 18.9 Å². The molecule has 104 valence electrons. The van der Waals surface area contributed by atoms with Crippen LogP contribution in [0.5, 0.6) is 0 Å². The Morgan fingerprint density at radius 3 is 2.95 bits per heavy atom. The number of aryl methyl sites for hydroxylation is 1. The molecule has 1 unspecified atom stereocenters. The maximum absolute atomic E-state index is 10.8. The summed E-state index contributed by atoms with van der Waals surface area (Å²) in [4.78, 5) is 10.4. The molecule has 2 rings (SSSR count). The topological polar surface area (TPSA) is 84.6 Å². The van der Waals surface area contributed by atoms with Crippen molar-refractivity contribution >= 4 is 27.3 Å². The van der Waals surface area contributed by atoms with Crippen LogP contribution in [-0.4, -0.2) is 35.4 Å². The first-order chi connectivity index (χ1) is 8.91. The van der Waals surface area contributed by atoms with Gasteiger partial charge in [0.15, 0.2) is 0 Å². The monoisotopic (exact) mass is 330 g/mol. The molecule has 1 fully saturated rings. The van der Waals surface area contributed by atoms with E-state index in [9.17, 15) is 15.2 Å². The maximum Gasteiger partial charge on any atom is 0.273 e. The van der Waals surface area contributed by atoms with Crippen LogP contribution in [0, 0.1) is 17.0 Å². The first-order valence-electron chi connectivity index (χ1n) is 5.90. The van der Waals surface area contributed by atoms with E-state index in [-0.39, 0.29) is 5.69 Å². The van der Waals surface area contributed by atoms with Gasteiger partial charge < -0.3 is 15.2 Å². The Kier molecular flexibility index (Phi) is 4.07. The molecule has 1 saturated heterocycles. The third-order valence-corrected chi connectivity index (χ3v) is 3.83. The molecule has 0 bridgehead atoms. The van der Waals surface area contributed by atoms with E-state index in [0.717, 1.165) is 5.69 Å². The molecule has 0 aliphatic carbocycles. The molecule has 7 heteroatoms. The maximum atomic E-state index is 10.8. The molecule has 1 aliphatic heterocycles. The predicted molar refractivity (Wildman–Crippen MR) is 74.4 cm³/mol. The normalized spacial score (nSPS) is 22.5. The second-order valence-electron chi connectivity index (χ2n) is 4.76. The predicted octanol–water partition coefficient (Wildman–Crippen LogP) is 2.23. The lowest BCUT2D eigenvalue weighted by Crippen LogP contribution is -2.37. The van der Waals surface area contributed by atoms with Crippen molar-refractivity contribution in [3.05, 3.63) is 32.3 Å². The van der Waals surface area contributed by atoms with Crippen LogP contribution in [0.1, 0.15) is 12.0 Å². The van der Waals surface area contributed by atoms with Gasteiger partial charge in [0.25, 0.3) is 5.69 Å². The molecule has 0 aromatic heterocycles. The Hall–Kier alpha value is -1.18. The van der Waals surface area contributed by atoms with Crippen LogP contribution in [0.15, 0.2) is 16.6 Å². The molecule has 1 atom stereocenters. The molecule has 1 heterocycles. The van der Waals surface area contributed by atoms with Crippen LogP contribution in [-0.2, 0) is 4.74 Å². The fourth-order valence-electron chi connectivity index (χ4n) is 2.00. The summed E-state index contributed by atoms with van der Waals surface area (Å²) >= 11 is 3.30. The number of hydrogen-bond donors (Lipinski definition) is 2. The fraction of sp³-hybridized carbons (Fsp3) is 0.500. The standard InChI is InChI=1S/C12H15BrN2O4/c1-8-4-10(9(13)5-11(8)15(17)18)14-6-12(16)2-3-19-7-12/h4-5,14,16H,2-3,6-7H2,1H3. The molecule has 1 aromatic rings. The van der Waals surface area contributed by atoms with E-state index in [0.29, 0.717) is 36.2 Å². The molecule has 0 radical (unpaired) electrons. The molecule has 0 saturated carbocycles. The summed E-state index contributed by atoms with van der Waals surface area (Å²) in [6.07, 6.45) is 0.587. The van der Waals surface area contributed by atoms with Gasteiger partial charge in [-0.3, -0.25) is 10.1 Å². The van der Waals surface area contributed by atoms with Crippen LogP contribution in [0.2, 0.25) is 0 Å². The van der Waals surface area contributed by atoms with Crippen LogP contribution < -0.4 is 5.32 Å². The lowest BCUT2D eigenvalue weighted by molar-refractivity contribution is -0.385. The average molecular weight is 331 g/mol. The molecular weight excluding hydrogens is 316 g/mol. The quantitative estimate of drug-likeness (QED) is 0.653. The third kappa shape index (κ3) is 3.23. The zero-order valence-corrected chi connectivity index (χ0v) is 12.1. The SMILES string of the molecule is Cc1cc(NCC2(O)CCOC2)c(Br)cc1[N+](=O)[O-]. The molecule has 2 N–H and O–H groups in total. The second kappa shape index (κ2) is 5.44. The molecule has 0 amide bonds. The van der Waals surface area contributed by atoms with Gasteiger partial charge in [-0.1, -0.05) is 0 Å². The van der Waals surface area contributed by atoms with Crippen molar-refractivity contribution in [2.75, 3.05) is 25.1 Å². The Bertz CT molecular complexity index is 501. The lowest BCUT2D eigenvalue weighted by Gasteiger charge is -2.22. The number of nitrogens with zero attached hydrogens (tertiary/aromatic N) is 1. The number of nitro groups is 1. The van der Waals surface area contributed by atoms with E-state index in [1.54, 1.807) is 13.0 Å². The summed E-state index contributed by atoms with van der Waals surface area (Å²) in [6, 6.07) is 3.16. The highest BCUT2D eigenvalue weighted by molar-refractivity contribution is 9.10. The number of benzene rings is 1. The summed E-state index contributed by atoms with van der Waals surface area (Å²) in [6.45, 7) is 2.90. The van der Waals surface area contributed by atoms with Crippen molar-refractivity contribution in [3.63, 3.8) is 0 Å². The van der Waals surface area contributed by atoms with Gasteiger partial charge in [-0.2, -0.15) is 0 Å². The van der Waals surface area contributed by atoms with E-state index in [4.69, 9.17) is 4.74 Å². The number of halogens is 1. The summed E-state index contributed by atoms with van der Waals surface area (Å²) in [5, 5.41) is 24.1. The minimum absolute atomic E-state index is 0.0698. The lowest BCUT2D eigenvalue weighted by atomic mass is 10.0. The van der Waals surface area contributed by atoms with Gasteiger partial charge >= 0.3 is 0 Å². The van der Waals surface area contributed by atoms with Gasteiger partial charge in [0, 0.05) is 41.4 Å². The summed E-state index contributed by atoms with van der Waals surface area (Å²) in [7, 11) is 0. The molecule has 19 heavy (non-hydrogen) atoms. The number of aliphatic hydroxyl groups is 1. The highest BCUT2D eigenvalue weighted by Crippen LogP contribution is 2.31. The molecule has 1 aromatic carbocycles. The van der Waals surface area contributed by atoms with E-state index in [2.05, 4.69) is 21.2 Å². The highest BCUT2D eigenvalue weighted by Gasteiger charge is 2.32. The van der Waals surface area contributed by atoms with Crippen molar-refractivity contribution in [3.8, 4) is 0 Å². The zero-order chi connectivity index (χ0) is 14.0. The summed E-state index contributed by atoms with van der Waals surface area (Å²) < 4.78 is 5.77. The number of rotatable bonds is 4. The van der Waals surface area contributed by atoms with Gasteiger partial charge in [0.05, 0.1) is 11.5 Å². The summed E-state index contributed by atoms with van der Waals surface area (Å²) in [5.74, 6) is 0.